The van der Waals surface area contributed by atoms with Crippen LogP contribution < -0.4 is 4.72 Å². The third-order valence-electron chi connectivity index (χ3n) is 4.87. The van der Waals surface area contributed by atoms with Crippen molar-refractivity contribution >= 4 is 20.8 Å². The van der Waals surface area contributed by atoms with Crippen LogP contribution in [0.1, 0.15) is 22.7 Å². The van der Waals surface area contributed by atoms with E-state index in [1.807, 2.05) is 91.9 Å². The van der Waals surface area contributed by atoms with Gasteiger partial charge >= 0.3 is 0 Å². The maximum Gasteiger partial charge on any atom is 0.241 e. The summed E-state index contributed by atoms with van der Waals surface area (Å²) in [4.78, 5) is 0.263. The summed E-state index contributed by atoms with van der Waals surface area (Å²) in [5.74, 6) is 0. The second kappa shape index (κ2) is 7.58. The smallest absolute Gasteiger partial charge is 0.207 e. The number of nitrogens with one attached hydrogen (secondary N) is 1. The van der Waals surface area contributed by atoms with Crippen LogP contribution in [0.25, 0.3) is 10.8 Å². The molecule has 0 saturated carbocycles. The lowest BCUT2D eigenvalue weighted by Crippen LogP contribution is -2.29. The van der Waals surface area contributed by atoms with Gasteiger partial charge in [-0.05, 0) is 41.0 Å². The Labute approximate surface area is 165 Å². The van der Waals surface area contributed by atoms with Crippen molar-refractivity contribution in [3.8, 4) is 0 Å². The van der Waals surface area contributed by atoms with Gasteiger partial charge in [0.1, 0.15) is 0 Å². The Hall–Kier alpha value is -2.95. The lowest BCUT2D eigenvalue weighted by Gasteiger charge is -2.21. The molecule has 0 bridgehead atoms. The van der Waals surface area contributed by atoms with Crippen LogP contribution in [0.3, 0.4) is 0 Å². The third kappa shape index (κ3) is 3.70. The maximum atomic E-state index is 13.1. The van der Waals surface area contributed by atoms with Crippen molar-refractivity contribution in [2.45, 2.75) is 17.9 Å². The number of fused-ring (bicyclic) bond motifs is 1. The summed E-state index contributed by atoms with van der Waals surface area (Å²) in [6, 6.07) is 30.1. The predicted molar refractivity (Wildman–Crippen MR) is 114 cm³/mol. The van der Waals surface area contributed by atoms with E-state index in [0.29, 0.717) is 0 Å². The fourth-order valence-electron chi connectivity index (χ4n) is 3.40. The van der Waals surface area contributed by atoms with Crippen molar-refractivity contribution in [3.63, 3.8) is 0 Å². The Kier molecular flexibility index (Phi) is 4.99. The summed E-state index contributed by atoms with van der Waals surface area (Å²) in [7, 11) is -3.69. The van der Waals surface area contributed by atoms with Crippen LogP contribution in [0.4, 0.5) is 0 Å². The highest BCUT2D eigenvalue weighted by molar-refractivity contribution is 7.89. The van der Waals surface area contributed by atoms with Gasteiger partial charge in [-0.1, -0.05) is 90.5 Å². The third-order valence-corrected chi connectivity index (χ3v) is 6.31. The molecule has 4 heteroatoms. The average Bonchev–Trinajstić information content (AvgIpc) is 2.73. The molecule has 3 nitrogen and oxygen atoms in total. The van der Waals surface area contributed by atoms with E-state index in [-0.39, 0.29) is 4.90 Å². The molecule has 140 valence electrons. The molecular weight excluding hydrogens is 366 g/mol. The highest BCUT2D eigenvalue weighted by Crippen LogP contribution is 2.30. The zero-order valence-corrected chi connectivity index (χ0v) is 16.4. The van der Waals surface area contributed by atoms with Crippen molar-refractivity contribution in [2.24, 2.45) is 0 Å². The van der Waals surface area contributed by atoms with Gasteiger partial charge in [0.15, 0.2) is 0 Å². The van der Waals surface area contributed by atoms with Gasteiger partial charge in [-0.2, -0.15) is 4.72 Å². The van der Waals surface area contributed by atoms with Gasteiger partial charge in [0.2, 0.25) is 10.0 Å². The maximum absolute atomic E-state index is 13.1. The predicted octanol–water partition coefficient (Wildman–Crippen LogP) is 5.22. The van der Waals surface area contributed by atoms with Crippen molar-refractivity contribution in [3.05, 3.63) is 114 Å². The molecule has 0 aliphatic heterocycles. The van der Waals surface area contributed by atoms with Crippen LogP contribution in [-0.2, 0) is 10.0 Å². The average molecular weight is 388 g/mol. The van der Waals surface area contributed by atoms with Crippen molar-refractivity contribution < 1.29 is 8.42 Å². The molecule has 0 aliphatic rings. The van der Waals surface area contributed by atoms with Crippen molar-refractivity contribution in [1.82, 2.24) is 4.72 Å². The SMILES string of the molecule is Cc1ccc(S(=O)(=O)N[C@H](c2ccccc2)c2cccc3ccccc23)cc1. The first kappa shape index (κ1) is 18.4. The second-order valence-electron chi connectivity index (χ2n) is 6.85. The lowest BCUT2D eigenvalue weighted by atomic mass is 9.94. The minimum absolute atomic E-state index is 0.263. The molecule has 28 heavy (non-hydrogen) atoms. The van der Waals surface area contributed by atoms with Crippen LogP contribution in [0.5, 0.6) is 0 Å². The van der Waals surface area contributed by atoms with Gasteiger partial charge < -0.3 is 0 Å². The first-order chi connectivity index (χ1) is 13.5. The zero-order valence-electron chi connectivity index (χ0n) is 15.5. The van der Waals surface area contributed by atoms with E-state index in [2.05, 4.69) is 4.72 Å². The molecule has 0 saturated heterocycles. The number of sulfonamides is 1. The summed E-state index contributed by atoms with van der Waals surface area (Å²) in [6.45, 7) is 1.94. The molecule has 4 rings (SSSR count). The Morgan fingerprint density at radius 3 is 2.11 bits per heavy atom. The first-order valence-corrected chi connectivity index (χ1v) is 10.6. The fraction of sp³-hybridized carbons (Fsp3) is 0.0833. The number of rotatable bonds is 5. The van der Waals surface area contributed by atoms with E-state index in [1.165, 1.54) is 0 Å². The van der Waals surface area contributed by atoms with E-state index in [9.17, 15) is 8.42 Å². The summed E-state index contributed by atoms with van der Waals surface area (Å²) in [5.41, 5.74) is 2.85. The van der Waals surface area contributed by atoms with Crippen molar-refractivity contribution in [2.75, 3.05) is 0 Å². The van der Waals surface area contributed by atoms with E-state index >= 15 is 0 Å². The summed E-state index contributed by atoms with van der Waals surface area (Å²) in [6.07, 6.45) is 0. The number of hydrogen-bond acceptors (Lipinski definition) is 2. The second-order valence-corrected chi connectivity index (χ2v) is 8.56. The quantitative estimate of drug-likeness (QED) is 0.510. The van der Waals surface area contributed by atoms with Gasteiger partial charge in [0.05, 0.1) is 10.9 Å². The molecule has 0 amide bonds. The molecule has 0 unspecified atom stereocenters. The zero-order chi connectivity index (χ0) is 19.6. The molecule has 0 aromatic heterocycles. The van der Waals surface area contributed by atoms with Gasteiger partial charge in [0, 0.05) is 0 Å². The normalized spacial score (nSPS) is 12.8. The first-order valence-electron chi connectivity index (χ1n) is 9.16. The number of benzene rings is 4. The van der Waals surface area contributed by atoms with Crippen LogP contribution in [0.2, 0.25) is 0 Å². The Morgan fingerprint density at radius 1 is 0.714 bits per heavy atom. The Balaban J connectivity index is 1.84. The lowest BCUT2D eigenvalue weighted by molar-refractivity contribution is 0.572. The molecular formula is C24H21NO2S. The van der Waals surface area contributed by atoms with E-state index in [1.54, 1.807) is 12.1 Å². The highest BCUT2D eigenvalue weighted by Gasteiger charge is 2.24. The van der Waals surface area contributed by atoms with Crippen molar-refractivity contribution in [1.29, 1.82) is 0 Å². The van der Waals surface area contributed by atoms with Gasteiger partial charge in [-0.3, -0.25) is 0 Å². The topological polar surface area (TPSA) is 46.2 Å². The van der Waals surface area contributed by atoms with Gasteiger partial charge in [0.25, 0.3) is 0 Å². The fourth-order valence-corrected chi connectivity index (χ4v) is 4.60. The molecule has 0 spiro atoms. The molecule has 1 atom stereocenters. The highest BCUT2D eigenvalue weighted by atomic mass is 32.2. The van der Waals surface area contributed by atoms with Crippen LogP contribution in [0.15, 0.2) is 102 Å². The minimum Gasteiger partial charge on any atom is -0.207 e. The standard InChI is InChI=1S/C24H21NO2S/c1-18-14-16-21(17-15-18)28(26,27)25-24(20-9-3-2-4-10-20)23-13-7-11-19-8-5-6-12-22(19)23/h2-17,24-25H,1H3/t24-/m1/s1. The minimum atomic E-state index is -3.69. The van der Waals surface area contributed by atoms with Gasteiger partial charge in [-0.15, -0.1) is 0 Å². The van der Waals surface area contributed by atoms with E-state index in [0.717, 1.165) is 27.5 Å². The van der Waals surface area contributed by atoms with Crippen LogP contribution in [-0.4, -0.2) is 8.42 Å². The Morgan fingerprint density at radius 2 is 1.36 bits per heavy atom. The molecule has 4 aromatic carbocycles. The van der Waals surface area contributed by atoms with Crippen LogP contribution >= 0.6 is 0 Å². The van der Waals surface area contributed by atoms with E-state index in [4.69, 9.17) is 0 Å². The number of hydrogen-bond donors (Lipinski definition) is 1. The monoisotopic (exact) mass is 387 g/mol. The molecule has 0 heterocycles. The molecule has 1 N–H and O–H groups in total. The number of aryl methyl sites for hydroxylation is 1. The van der Waals surface area contributed by atoms with Gasteiger partial charge in [-0.25, -0.2) is 8.42 Å². The molecule has 0 radical (unpaired) electrons. The molecule has 0 aliphatic carbocycles. The van der Waals surface area contributed by atoms with Crippen LogP contribution in [0, 0.1) is 6.92 Å². The molecule has 0 fully saturated rings. The largest absolute Gasteiger partial charge is 0.241 e. The summed E-state index contributed by atoms with van der Waals surface area (Å²) < 4.78 is 29.2. The molecule has 4 aromatic rings. The summed E-state index contributed by atoms with van der Waals surface area (Å²) in [5, 5.41) is 2.11. The summed E-state index contributed by atoms with van der Waals surface area (Å²) >= 11 is 0. The van der Waals surface area contributed by atoms with E-state index < -0.39 is 16.1 Å². The Bertz CT molecular complexity index is 1200.